The zero-order valence-electron chi connectivity index (χ0n) is 10.7. The van der Waals surface area contributed by atoms with E-state index in [0.717, 1.165) is 32.5 Å². The summed E-state index contributed by atoms with van der Waals surface area (Å²) in [6.45, 7) is 3.31. The predicted octanol–water partition coefficient (Wildman–Crippen LogP) is 2.73. The zero-order chi connectivity index (χ0) is 12.8. The molecule has 0 saturated carbocycles. The number of hydrogen-bond acceptors (Lipinski definition) is 2. The Labute approximate surface area is 108 Å². The quantitative estimate of drug-likeness (QED) is 0.786. The van der Waals surface area contributed by atoms with Gasteiger partial charge in [0.15, 0.2) is 0 Å². The van der Waals surface area contributed by atoms with Gasteiger partial charge in [-0.3, -0.25) is 4.79 Å². The van der Waals surface area contributed by atoms with Crippen molar-refractivity contribution >= 4 is 5.97 Å². The normalized spacial score (nSPS) is 20.1. The molecule has 0 amide bonds. The number of carboxylic acid groups (broad SMARTS) is 1. The van der Waals surface area contributed by atoms with Crippen molar-refractivity contribution in [2.24, 2.45) is 0 Å². The Hall–Kier alpha value is -1.35. The summed E-state index contributed by atoms with van der Waals surface area (Å²) >= 11 is 0. The van der Waals surface area contributed by atoms with Crippen LogP contribution in [0.25, 0.3) is 0 Å². The van der Waals surface area contributed by atoms with E-state index in [9.17, 15) is 4.79 Å². The Morgan fingerprint density at radius 3 is 2.78 bits per heavy atom. The van der Waals surface area contributed by atoms with Gasteiger partial charge in [0.05, 0.1) is 0 Å². The van der Waals surface area contributed by atoms with Gasteiger partial charge in [0.25, 0.3) is 0 Å². The van der Waals surface area contributed by atoms with Crippen LogP contribution in [-0.2, 0) is 4.79 Å². The average molecular weight is 247 g/mol. The molecule has 0 bridgehead atoms. The largest absolute Gasteiger partial charge is 0.481 e. The molecular weight excluding hydrogens is 226 g/mol. The minimum absolute atomic E-state index is 0.302. The lowest BCUT2D eigenvalue weighted by molar-refractivity contribution is -0.137. The van der Waals surface area contributed by atoms with Crippen molar-refractivity contribution < 1.29 is 9.90 Å². The van der Waals surface area contributed by atoms with Crippen LogP contribution in [0, 0.1) is 0 Å². The van der Waals surface area contributed by atoms with Crippen LogP contribution in [0.1, 0.15) is 37.2 Å². The second-order valence-corrected chi connectivity index (χ2v) is 5.05. The average Bonchev–Trinajstić information content (AvgIpc) is 2.84. The lowest BCUT2D eigenvalue weighted by Gasteiger charge is -2.15. The summed E-state index contributed by atoms with van der Waals surface area (Å²) in [7, 11) is 0. The molecule has 1 fully saturated rings. The highest BCUT2D eigenvalue weighted by Gasteiger charge is 2.22. The number of likely N-dealkylation sites (tertiary alicyclic amines) is 1. The molecule has 0 aromatic heterocycles. The fourth-order valence-corrected chi connectivity index (χ4v) is 2.64. The molecule has 1 atom stereocenters. The monoisotopic (exact) mass is 247 g/mol. The van der Waals surface area contributed by atoms with Crippen LogP contribution < -0.4 is 0 Å². The van der Waals surface area contributed by atoms with E-state index in [1.165, 1.54) is 12.0 Å². The molecule has 1 N–H and O–H groups in total. The van der Waals surface area contributed by atoms with E-state index in [2.05, 4.69) is 35.2 Å². The van der Waals surface area contributed by atoms with Crippen LogP contribution in [0.3, 0.4) is 0 Å². The second-order valence-electron chi connectivity index (χ2n) is 5.05. The first-order chi connectivity index (χ1) is 8.75. The third-order valence-corrected chi connectivity index (χ3v) is 3.66. The highest BCUT2D eigenvalue weighted by Crippen LogP contribution is 2.26. The summed E-state index contributed by atoms with van der Waals surface area (Å²) < 4.78 is 0. The second kappa shape index (κ2) is 6.55. The molecule has 2 rings (SSSR count). The van der Waals surface area contributed by atoms with Gasteiger partial charge in [0.2, 0.25) is 0 Å². The molecule has 1 aromatic carbocycles. The van der Waals surface area contributed by atoms with Gasteiger partial charge in [-0.2, -0.15) is 0 Å². The molecule has 1 heterocycles. The standard InChI is InChI=1S/C15H21NO2/c17-15(18)8-4-5-10-16-11-9-14(12-16)13-6-2-1-3-7-13/h1-3,6-7,14H,4-5,8-12H2,(H,17,18). The van der Waals surface area contributed by atoms with Crippen LogP contribution in [-0.4, -0.2) is 35.6 Å². The number of unbranched alkanes of at least 4 members (excludes halogenated alkanes) is 1. The highest BCUT2D eigenvalue weighted by molar-refractivity contribution is 5.66. The van der Waals surface area contributed by atoms with Crippen LogP contribution in [0.4, 0.5) is 0 Å². The highest BCUT2D eigenvalue weighted by atomic mass is 16.4. The van der Waals surface area contributed by atoms with Gasteiger partial charge < -0.3 is 10.0 Å². The van der Waals surface area contributed by atoms with Crippen molar-refractivity contribution in [2.75, 3.05) is 19.6 Å². The van der Waals surface area contributed by atoms with Crippen molar-refractivity contribution in [3.8, 4) is 0 Å². The van der Waals surface area contributed by atoms with Crippen molar-refractivity contribution in [1.29, 1.82) is 0 Å². The van der Waals surface area contributed by atoms with Gasteiger partial charge in [-0.05, 0) is 43.8 Å². The molecule has 98 valence electrons. The summed E-state index contributed by atoms with van der Waals surface area (Å²) in [6, 6.07) is 10.7. The molecule has 18 heavy (non-hydrogen) atoms. The molecule has 0 aliphatic carbocycles. The zero-order valence-corrected chi connectivity index (χ0v) is 10.7. The van der Waals surface area contributed by atoms with E-state index >= 15 is 0 Å². The summed E-state index contributed by atoms with van der Waals surface area (Å²) in [6.07, 6.45) is 3.31. The summed E-state index contributed by atoms with van der Waals surface area (Å²) in [4.78, 5) is 12.9. The van der Waals surface area contributed by atoms with Crippen LogP contribution in [0.15, 0.2) is 30.3 Å². The maximum Gasteiger partial charge on any atom is 0.303 e. The summed E-state index contributed by atoms with van der Waals surface area (Å²) in [5.74, 6) is -0.0238. The van der Waals surface area contributed by atoms with Gasteiger partial charge in [-0.15, -0.1) is 0 Å². The van der Waals surface area contributed by atoms with Crippen LogP contribution >= 0.6 is 0 Å². The summed E-state index contributed by atoms with van der Waals surface area (Å²) in [5, 5.41) is 8.58. The van der Waals surface area contributed by atoms with Crippen molar-refractivity contribution in [3.05, 3.63) is 35.9 Å². The molecule has 1 aromatic rings. The lowest BCUT2D eigenvalue weighted by atomic mass is 9.99. The fourth-order valence-electron chi connectivity index (χ4n) is 2.64. The first kappa shape index (κ1) is 13.1. The third kappa shape index (κ3) is 3.84. The summed E-state index contributed by atoms with van der Waals surface area (Å²) in [5.41, 5.74) is 1.44. The van der Waals surface area contributed by atoms with E-state index in [-0.39, 0.29) is 0 Å². The number of carboxylic acids is 1. The van der Waals surface area contributed by atoms with Gasteiger partial charge in [-0.1, -0.05) is 30.3 Å². The van der Waals surface area contributed by atoms with Crippen LogP contribution in [0.5, 0.6) is 0 Å². The molecule has 1 aliphatic heterocycles. The Morgan fingerprint density at radius 2 is 2.06 bits per heavy atom. The van der Waals surface area contributed by atoms with Gasteiger partial charge in [0.1, 0.15) is 0 Å². The Morgan fingerprint density at radius 1 is 1.28 bits per heavy atom. The molecule has 1 aliphatic rings. The molecule has 0 radical (unpaired) electrons. The third-order valence-electron chi connectivity index (χ3n) is 3.66. The SMILES string of the molecule is O=C(O)CCCCN1CCC(c2ccccc2)C1. The molecule has 1 unspecified atom stereocenters. The van der Waals surface area contributed by atoms with E-state index in [1.54, 1.807) is 0 Å². The maximum absolute atomic E-state index is 10.4. The number of nitrogens with zero attached hydrogens (tertiary/aromatic N) is 1. The number of aliphatic carboxylic acids is 1. The molecule has 1 saturated heterocycles. The first-order valence-corrected chi connectivity index (χ1v) is 6.75. The fraction of sp³-hybridized carbons (Fsp3) is 0.533. The Kier molecular flexibility index (Phi) is 4.76. The minimum atomic E-state index is -0.682. The van der Waals surface area contributed by atoms with E-state index in [4.69, 9.17) is 5.11 Å². The van der Waals surface area contributed by atoms with E-state index < -0.39 is 5.97 Å². The first-order valence-electron chi connectivity index (χ1n) is 6.75. The predicted molar refractivity (Wildman–Crippen MR) is 71.7 cm³/mol. The number of benzene rings is 1. The Bertz CT molecular complexity index is 377. The smallest absolute Gasteiger partial charge is 0.303 e. The molecular formula is C15H21NO2. The van der Waals surface area contributed by atoms with Crippen molar-refractivity contribution in [3.63, 3.8) is 0 Å². The molecule has 3 heteroatoms. The van der Waals surface area contributed by atoms with Gasteiger partial charge in [-0.25, -0.2) is 0 Å². The van der Waals surface area contributed by atoms with Gasteiger partial charge >= 0.3 is 5.97 Å². The van der Waals surface area contributed by atoms with Crippen LogP contribution in [0.2, 0.25) is 0 Å². The number of hydrogen-bond donors (Lipinski definition) is 1. The number of carbonyl (C=O) groups is 1. The molecule has 3 nitrogen and oxygen atoms in total. The maximum atomic E-state index is 10.4. The van der Waals surface area contributed by atoms with E-state index in [1.807, 2.05) is 0 Å². The lowest BCUT2D eigenvalue weighted by Crippen LogP contribution is -2.21. The van der Waals surface area contributed by atoms with E-state index in [0.29, 0.717) is 12.3 Å². The Balaban J connectivity index is 1.70. The molecule has 0 spiro atoms. The number of rotatable bonds is 6. The van der Waals surface area contributed by atoms with Crippen molar-refractivity contribution in [1.82, 2.24) is 4.90 Å². The van der Waals surface area contributed by atoms with Crippen molar-refractivity contribution in [2.45, 2.75) is 31.6 Å². The minimum Gasteiger partial charge on any atom is -0.481 e. The van der Waals surface area contributed by atoms with Gasteiger partial charge in [0, 0.05) is 13.0 Å². The topological polar surface area (TPSA) is 40.5 Å².